The fourth-order valence-corrected chi connectivity index (χ4v) is 3.27. The number of anilines is 1. The van der Waals surface area contributed by atoms with Crippen LogP contribution in [0.1, 0.15) is 19.8 Å². The molecule has 5 heteroatoms. The first-order valence-corrected chi connectivity index (χ1v) is 8.69. The Hall–Kier alpha value is -1.07. The molecular weight excluding hydrogens is 260 g/mol. The van der Waals surface area contributed by atoms with E-state index in [9.17, 15) is 8.42 Å². The van der Waals surface area contributed by atoms with Crippen LogP contribution in [-0.4, -0.2) is 40.3 Å². The third kappa shape index (κ3) is 3.48. The van der Waals surface area contributed by atoms with Gasteiger partial charge in [-0.1, -0.05) is 0 Å². The first-order valence-electron chi connectivity index (χ1n) is 6.80. The van der Waals surface area contributed by atoms with Crippen LogP contribution < -0.4 is 10.2 Å². The zero-order valence-corrected chi connectivity index (χ0v) is 12.4. The van der Waals surface area contributed by atoms with Crippen molar-refractivity contribution in [2.24, 2.45) is 0 Å². The summed E-state index contributed by atoms with van der Waals surface area (Å²) in [7, 11) is -3.11. The van der Waals surface area contributed by atoms with E-state index >= 15 is 0 Å². The maximum absolute atomic E-state index is 11.5. The summed E-state index contributed by atoms with van der Waals surface area (Å²) in [5.41, 5.74) is 1.10. The van der Waals surface area contributed by atoms with Gasteiger partial charge in [0.25, 0.3) is 0 Å². The first-order chi connectivity index (χ1) is 9.02. The molecule has 1 aliphatic heterocycles. The highest BCUT2D eigenvalue weighted by Gasteiger charge is 2.20. The molecule has 1 saturated heterocycles. The Morgan fingerprint density at radius 2 is 2.00 bits per heavy atom. The number of piperidine rings is 1. The molecule has 106 valence electrons. The highest BCUT2D eigenvalue weighted by atomic mass is 32.2. The number of hydrogen-bond donors (Lipinski definition) is 1. The third-order valence-electron chi connectivity index (χ3n) is 3.65. The van der Waals surface area contributed by atoms with Gasteiger partial charge < -0.3 is 10.2 Å². The molecule has 0 amide bonds. The smallest absolute Gasteiger partial charge is 0.175 e. The Balaban J connectivity index is 2.19. The van der Waals surface area contributed by atoms with E-state index in [0.717, 1.165) is 25.3 Å². The van der Waals surface area contributed by atoms with E-state index < -0.39 is 9.84 Å². The minimum absolute atomic E-state index is 0.383. The number of nitrogens with one attached hydrogen (secondary N) is 1. The highest BCUT2D eigenvalue weighted by Crippen LogP contribution is 2.22. The zero-order valence-electron chi connectivity index (χ0n) is 11.6. The number of likely N-dealkylation sites (N-methyl/N-ethyl adjacent to an activating group) is 1. The van der Waals surface area contributed by atoms with E-state index in [1.807, 2.05) is 12.1 Å². The molecular formula is C14H22N2O2S. The summed E-state index contributed by atoms with van der Waals surface area (Å²) in [6.45, 7) is 5.17. The van der Waals surface area contributed by atoms with E-state index in [1.54, 1.807) is 12.1 Å². The molecule has 0 spiro atoms. The average molecular weight is 282 g/mol. The van der Waals surface area contributed by atoms with Gasteiger partial charge >= 0.3 is 0 Å². The van der Waals surface area contributed by atoms with Gasteiger partial charge in [-0.15, -0.1) is 0 Å². The van der Waals surface area contributed by atoms with Crippen LogP contribution in [0.15, 0.2) is 29.2 Å². The minimum atomic E-state index is -3.11. The summed E-state index contributed by atoms with van der Waals surface area (Å²) in [4.78, 5) is 2.73. The third-order valence-corrected chi connectivity index (χ3v) is 4.78. The Labute approximate surface area is 115 Å². The molecule has 0 bridgehead atoms. The Bertz CT molecular complexity index is 505. The second kappa shape index (κ2) is 5.92. The molecule has 1 atom stereocenters. The number of hydrogen-bond acceptors (Lipinski definition) is 4. The molecule has 0 aliphatic carbocycles. The van der Waals surface area contributed by atoms with Crippen molar-refractivity contribution in [3.05, 3.63) is 24.3 Å². The Kier molecular flexibility index (Phi) is 4.47. The standard InChI is InChI=1S/C14H22N2O2S/c1-3-16(13-5-4-10-15-11-13)12-6-8-14(9-7-12)19(2,17)18/h6-9,13,15H,3-5,10-11H2,1-2H3. The monoisotopic (exact) mass is 282 g/mol. The molecule has 1 N–H and O–H groups in total. The number of rotatable bonds is 4. The van der Waals surface area contributed by atoms with Crippen LogP contribution in [0.5, 0.6) is 0 Å². The molecule has 1 aliphatic rings. The van der Waals surface area contributed by atoms with Gasteiger partial charge in [0.05, 0.1) is 4.90 Å². The fraction of sp³-hybridized carbons (Fsp3) is 0.571. The van der Waals surface area contributed by atoms with Gasteiger partial charge in [-0.3, -0.25) is 0 Å². The normalized spacial score (nSPS) is 20.2. The maximum Gasteiger partial charge on any atom is 0.175 e. The molecule has 0 aromatic heterocycles. The fourth-order valence-electron chi connectivity index (χ4n) is 2.64. The molecule has 1 aromatic rings. The van der Waals surface area contributed by atoms with Crippen LogP contribution in [0, 0.1) is 0 Å². The Morgan fingerprint density at radius 3 is 2.47 bits per heavy atom. The summed E-state index contributed by atoms with van der Waals surface area (Å²) in [6.07, 6.45) is 3.63. The zero-order chi connectivity index (χ0) is 13.9. The van der Waals surface area contributed by atoms with Crippen LogP contribution in [0.4, 0.5) is 5.69 Å². The van der Waals surface area contributed by atoms with Crippen molar-refractivity contribution in [1.82, 2.24) is 5.32 Å². The molecule has 2 rings (SSSR count). The van der Waals surface area contributed by atoms with Crippen LogP contribution in [0.2, 0.25) is 0 Å². The summed E-state index contributed by atoms with van der Waals surface area (Å²) < 4.78 is 22.9. The SMILES string of the molecule is CCN(c1ccc(S(C)(=O)=O)cc1)C1CCCNC1. The van der Waals surface area contributed by atoms with Gasteiger partial charge in [-0.05, 0) is 50.6 Å². The van der Waals surface area contributed by atoms with Gasteiger partial charge in [0.15, 0.2) is 9.84 Å². The summed E-state index contributed by atoms with van der Waals surface area (Å²) in [6, 6.07) is 7.72. The predicted molar refractivity (Wildman–Crippen MR) is 78.5 cm³/mol. The molecule has 0 saturated carbocycles. The topological polar surface area (TPSA) is 49.4 Å². The van der Waals surface area contributed by atoms with Gasteiger partial charge in [0.1, 0.15) is 0 Å². The Morgan fingerprint density at radius 1 is 1.32 bits per heavy atom. The van der Waals surface area contributed by atoms with Crippen molar-refractivity contribution < 1.29 is 8.42 Å². The van der Waals surface area contributed by atoms with Crippen LogP contribution in [0.3, 0.4) is 0 Å². The molecule has 19 heavy (non-hydrogen) atoms. The first kappa shape index (κ1) is 14.3. The van der Waals surface area contributed by atoms with E-state index in [1.165, 1.54) is 19.1 Å². The lowest BCUT2D eigenvalue weighted by atomic mass is 10.1. The van der Waals surface area contributed by atoms with Crippen LogP contribution in [0.25, 0.3) is 0 Å². The van der Waals surface area contributed by atoms with Gasteiger partial charge in [-0.2, -0.15) is 0 Å². The van der Waals surface area contributed by atoms with Gasteiger partial charge in [-0.25, -0.2) is 8.42 Å². The molecule has 1 unspecified atom stereocenters. The molecule has 4 nitrogen and oxygen atoms in total. The lowest BCUT2D eigenvalue weighted by Crippen LogP contribution is -2.46. The van der Waals surface area contributed by atoms with Crippen molar-refractivity contribution in [1.29, 1.82) is 0 Å². The van der Waals surface area contributed by atoms with Crippen molar-refractivity contribution >= 4 is 15.5 Å². The number of sulfone groups is 1. The second-order valence-electron chi connectivity index (χ2n) is 5.05. The van der Waals surface area contributed by atoms with Crippen molar-refractivity contribution in [3.8, 4) is 0 Å². The number of benzene rings is 1. The average Bonchev–Trinajstić information content (AvgIpc) is 2.40. The van der Waals surface area contributed by atoms with E-state index in [0.29, 0.717) is 10.9 Å². The predicted octanol–water partition coefficient (Wildman–Crippen LogP) is 1.67. The summed E-state index contributed by atoms with van der Waals surface area (Å²) in [5.74, 6) is 0. The largest absolute Gasteiger partial charge is 0.368 e. The quantitative estimate of drug-likeness (QED) is 0.912. The van der Waals surface area contributed by atoms with Crippen LogP contribution in [-0.2, 0) is 9.84 Å². The van der Waals surface area contributed by atoms with E-state index in [2.05, 4.69) is 17.1 Å². The molecule has 0 radical (unpaired) electrons. The molecule has 1 aromatic carbocycles. The van der Waals surface area contributed by atoms with E-state index in [4.69, 9.17) is 0 Å². The van der Waals surface area contributed by atoms with Gasteiger partial charge in [0, 0.05) is 31.1 Å². The lowest BCUT2D eigenvalue weighted by molar-refractivity contribution is 0.435. The molecule has 1 fully saturated rings. The van der Waals surface area contributed by atoms with Crippen LogP contribution >= 0.6 is 0 Å². The van der Waals surface area contributed by atoms with Crippen molar-refractivity contribution in [2.45, 2.75) is 30.7 Å². The maximum atomic E-state index is 11.5. The second-order valence-corrected chi connectivity index (χ2v) is 7.07. The lowest BCUT2D eigenvalue weighted by Gasteiger charge is -2.35. The van der Waals surface area contributed by atoms with Crippen molar-refractivity contribution in [2.75, 3.05) is 30.8 Å². The highest BCUT2D eigenvalue weighted by molar-refractivity contribution is 7.90. The summed E-state index contributed by atoms with van der Waals surface area (Å²) in [5, 5.41) is 3.42. The minimum Gasteiger partial charge on any atom is -0.368 e. The van der Waals surface area contributed by atoms with Crippen molar-refractivity contribution in [3.63, 3.8) is 0 Å². The van der Waals surface area contributed by atoms with Gasteiger partial charge in [0.2, 0.25) is 0 Å². The number of nitrogens with zero attached hydrogens (tertiary/aromatic N) is 1. The summed E-state index contributed by atoms with van der Waals surface area (Å²) >= 11 is 0. The molecule has 1 heterocycles. The van der Waals surface area contributed by atoms with E-state index in [-0.39, 0.29) is 0 Å².